The van der Waals surface area contributed by atoms with E-state index in [1.54, 1.807) is 0 Å². The SMILES string of the molecule is CCCCCCCCCCN(CCCCCCCCCC)CC(O)c1ccc(Cl)cc1. The van der Waals surface area contributed by atoms with Crippen molar-refractivity contribution in [2.45, 2.75) is 123 Å². The number of aliphatic hydroxyl groups is 1. The molecule has 1 aromatic carbocycles. The highest BCUT2D eigenvalue weighted by atomic mass is 35.5. The maximum atomic E-state index is 10.7. The zero-order valence-electron chi connectivity index (χ0n) is 20.6. The van der Waals surface area contributed by atoms with E-state index in [1.807, 2.05) is 24.3 Å². The summed E-state index contributed by atoms with van der Waals surface area (Å²) in [5.74, 6) is 0. The maximum Gasteiger partial charge on any atom is 0.0916 e. The standard InChI is InChI=1S/C28H50ClNO/c1-3-5-7-9-11-13-15-17-23-30(24-18-16-14-12-10-8-6-4-2)25-28(31)26-19-21-27(29)22-20-26/h19-22,28,31H,3-18,23-25H2,1-2H3. The Kier molecular flexibility index (Phi) is 18.4. The normalized spacial score (nSPS) is 12.5. The molecule has 0 bridgehead atoms. The third-order valence-corrected chi connectivity index (χ3v) is 6.59. The van der Waals surface area contributed by atoms with Crippen LogP contribution in [0.15, 0.2) is 24.3 Å². The lowest BCUT2D eigenvalue weighted by atomic mass is 10.1. The van der Waals surface area contributed by atoms with E-state index in [1.165, 1.54) is 103 Å². The fourth-order valence-corrected chi connectivity index (χ4v) is 4.39. The van der Waals surface area contributed by atoms with E-state index in [-0.39, 0.29) is 0 Å². The summed E-state index contributed by atoms with van der Waals surface area (Å²) >= 11 is 6.01. The van der Waals surface area contributed by atoms with Gasteiger partial charge < -0.3 is 10.0 Å². The molecule has 0 fully saturated rings. The number of rotatable bonds is 21. The van der Waals surface area contributed by atoms with Crippen LogP contribution in [-0.4, -0.2) is 29.6 Å². The first-order chi connectivity index (χ1) is 15.2. The molecule has 1 atom stereocenters. The van der Waals surface area contributed by atoms with Crippen molar-refractivity contribution in [2.75, 3.05) is 19.6 Å². The van der Waals surface area contributed by atoms with Crippen LogP contribution in [0.4, 0.5) is 0 Å². The molecule has 0 aliphatic heterocycles. The van der Waals surface area contributed by atoms with Crippen molar-refractivity contribution in [3.05, 3.63) is 34.9 Å². The van der Waals surface area contributed by atoms with Crippen LogP contribution >= 0.6 is 11.6 Å². The molecule has 0 radical (unpaired) electrons. The van der Waals surface area contributed by atoms with Gasteiger partial charge in [-0.3, -0.25) is 0 Å². The summed E-state index contributed by atoms with van der Waals surface area (Å²) in [7, 11) is 0. The first-order valence-electron chi connectivity index (χ1n) is 13.3. The summed E-state index contributed by atoms with van der Waals surface area (Å²) in [6, 6.07) is 7.67. The van der Waals surface area contributed by atoms with E-state index >= 15 is 0 Å². The van der Waals surface area contributed by atoms with Crippen LogP contribution in [0.1, 0.15) is 128 Å². The summed E-state index contributed by atoms with van der Waals surface area (Å²) in [6.07, 6.45) is 21.2. The number of nitrogens with zero attached hydrogens (tertiary/aromatic N) is 1. The molecule has 1 aromatic rings. The smallest absolute Gasteiger partial charge is 0.0916 e. The van der Waals surface area contributed by atoms with Gasteiger partial charge in [-0.05, 0) is 43.6 Å². The number of unbranched alkanes of at least 4 members (excludes halogenated alkanes) is 14. The fourth-order valence-electron chi connectivity index (χ4n) is 4.27. The number of benzene rings is 1. The Morgan fingerprint density at radius 1 is 0.645 bits per heavy atom. The average Bonchev–Trinajstić information content (AvgIpc) is 2.77. The third kappa shape index (κ3) is 15.8. The Balaban J connectivity index is 2.32. The molecule has 0 aliphatic rings. The van der Waals surface area contributed by atoms with Gasteiger partial charge in [0, 0.05) is 11.6 Å². The lowest BCUT2D eigenvalue weighted by Crippen LogP contribution is -2.31. The Bertz CT molecular complexity index is 484. The minimum Gasteiger partial charge on any atom is -0.387 e. The highest BCUT2D eigenvalue weighted by Crippen LogP contribution is 2.19. The highest BCUT2D eigenvalue weighted by molar-refractivity contribution is 6.30. The van der Waals surface area contributed by atoms with Crippen molar-refractivity contribution < 1.29 is 5.11 Å². The van der Waals surface area contributed by atoms with E-state index in [4.69, 9.17) is 11.6 Å². The third-order valence-electron chi connectivity index (χ3n) is 6.34. The molecule has 0 spiro atoms. The Morgan fingerprint density at radius 3 is 1.45 bits per heavy atom. The predicted octanol–water partition coefficient (Wildman–Crippen LogP) is 8.96. The van der Waals surface area contributed by atoms with Gasteiger partial charge in [-0.2, -0.15) is 0 Å². The molecule has 1 rings (SSSR count). The first kappa shape index (κ1) is 28.5. The van der Waals surface area contributed by atoms with Gasteiger partial charge in [-0.15, -0.1) is 0 Å². The van der Waals surface area contributed by atoms with E-state index < -0.39 is 6.10 Å². The summed E-state index contributed by atoms with van der Waals surface area (Å²) in [4.78, 5) is 2.49. The largest absolute Gasteiger partial charge is 0.387 e. The van der Waals surface area contributed by atoms with Crippen molar-refractivity contribution in [1.82, 2.24) is 4.90 Å². The molecule has 180 valence electrons. The zero-order valence-corrected chi connectivity index (χ0v) is 21.4. The molecule has 0 saturated heterocycles. The zero-order chi connectivity index (χ0) is 22.6. The van der Waals surface area contributed by atoms with E-state index in [2.05, 4.69) is 18.7 Å². The molecule has 0 heterocycles. The van der Waals surface area contributed by atoms with Crippen molar-refractivity contribution in [3.63, 3.8) is 0 Å². The monoisotopic (exact) mass is 451 g/mol. The van der Waals surface area contributed by atoms with Gasteiger partial charge in [0.15, 0.2) is 0 Å². The van der Waals surface area contributed by atoms with Gasteiger partial charge in [0.1, 0.15) is 0 Å². The number of hydrogen-bond donors (Lipinski definition) is 1. The Hall–Kier alpha value is -0.570. The molecule has 0 aromatic heterocycles. The fraction of sp³-hybridized carbons (Fsp3) is 0.786. The second-order valence-corrected chi connectivity index (χ2v) is 9.75. The van der Waals surface area contributed by atoms with Gasteiger partial charge >= 0.3 is 0 Å². The first-order valence-corrected chi connectivity index (χ1v) is 13.7. The van der Waals surface area contributed by atoms with Crippen LogP contribution in [0.5, 0.6) is 0 Å². The maximum absolute atomic E-state index is 10.7. The van der Waals surface area contributed by atoms with Crippen molar-refractivity contribution in [3.8, 4) is 0 Å². The molecule has 0 saturated carbocycles. The van der Waals surface area contributed by atoms with Crippen LogP contribution in [0, 0.1) is 0 Å². The van der Waals surface area contributed by atoms with Crippen LogP contribution < -0.4 is 0 Å². The lowest BCUT2D eigenvalue weighted by molar-refractivity contribution is 0.110. The minimum absolute atomic E-state index is 0.430. The van der Waals surface area contributed by atoms with Gasteiger partial charge in [0.05, 0.1) is 6.10 Å². The Labute approximate surface area is 198 Å². The van der Waals surface area contributed by atoms with Gasteiger partial charge in [0.2, 0.25) is 0 Å². The quantitative estimate of drug-likeness (QED) is 0.188. The summed E-state index contributed by atoms with van der Waals surface area (Å²) in [5.41, 5.74) is 0.973. The second-order valence-electron chi connectivity index (χ2n) is 9.32. The van der Waals surface area contributed by atoms with Crippen LogP contribution in [0.2, 0.25) is 5.02 Å². The van der Waals surface area contributed by atoms with E-state index in [0.29, 0.717) is 0 Å². The predicted molar refractivity (Wildman–Crippen MR) is 138 cm³/mol. The topological polar surface area (TPSA) is 23.5 Å². The summed E-state index contributed by atoms with van der Waals surface area (Å²) < 4.78 is 0. The van der Waals surface area contributed by atoms with Crippen molar-refractivity contribution in [1.29, 1.82) is 0 Å². The summed E-state index contributed by atoms with van der Waals surface area (Å²) in [5, 5.41) is 11.5. The van der Waals surface area contributed by atoms with Crippen LogP contribution in [0.3, 0.4) is 0 Å². The molecule has 1 unspecified atom stereocenters. The van der Waals surface area contributed by atoms with Gasteiger partial charge in [-0.25, -0.2) is 0 Å². The van der Waals surface area contributed by atoms with Gasteiger partial charge in [-0.1, -0.05) is 127 Å². The summed E-state index contributed by atoms with van der Waals surface area (Å²) in [6.45, 7) is 7.50. The number of aliphatic hydroxyl groups excluding tert-OH is 1. The minimum atomic E-state index is -0.430. The van der Waals surface area contributed by atoms with E-state index in [0.717, 1.165) is 30.2 Å². The van der Waals surface area contributed by atoms with Crippen molar-refractivity contribution in [2.24, 2.45) is 0 Å². The Morgan fingerprint density at radius 2 is 1.03 bits per heavy atom. The molecule has 0 aliphatic carbocycles. The molecule has 31 heavy (non-hydrogen) atoms. The van der Waals surface area contributed by atoms with Gasteiger partial charge in [0.25, 0.3) is 0 Å². The van der Waals surface area contributed by atoms with E-state index in [9.17, 15) is 5.11 Å². The highest BCUT2D eigenvalue weighted by Gasteiger charge is 2.13. The average molecular weight is 452 g/mol. The molecular formula is C28H50ClNO. The molecular weight excluding hydrogens is 402 g/mol. The van der Waals surface area contributed by atoms with Crippen LogP contribution in [-0.2, 0) is 0 Å². The lowest BCUT2D eigenvalue weighted by Gasteiger charge is -2.25. The van der Waals surface area contributed by atoms with Crippen molar-refractivity contribution >= 4 is 11.6 Å². The number of halogens is 1. The second kappa shape index (κ2) is 20.1. The number of hydrogen-bond acceptors (Lipinski definition) is 2. The van der Waals surface area contributed by atoms with Crippen LogP contribution in [0.25, 0.3) is 0 Å². The molecule has 1 N–H and O–H groups in total. The molecule has 0 amide bonds. The molecule has 2 nitrogen and oxygen atoms in total. The molecule has 3 heteroatoms.